The van der Waals surface area contributed by atoms with Gasteiger partial charge in [0, 0.05) is 18.4 Å². The number of aryl methyl sites for hydroxylation is 1. The minimum atomic E-state index is -0.364. The number of rotatable bonds is 5. The highest BCUT2D eigenvalue weighted by molar-refractivity contribution is 8.00. The lowest BCUT2D eigenvalue weighted by atomic mass is 10.1. The first-order chi connectivity index (χ1) is 11.2. The molecule has 3 nitrogen and oxygen atoms in total. The molecule has 1 saturated heterocycles. The predicted octanol–water partition coefficient (Wildman–Crippen LogP) is 5.05. The van der Waals surface area contributed by atoms with Gasteiger partial charge in [-0.3, -0.25) is 0 Å². The van der Waals surface area contributed by atoms with Crippen LogP contribution in [0.1, 0.15) is 18.9 Å². The lowest BCUT2D eigenvalue weighted by Crippen LogP contribution is -2.08. The number of benzene rings is 2. The van der Waals surface area contributed by atoms with Crippen LogP contribution in [0.4, 0.5) is 10.1 Å². The average Bonchev–Trinajstić information content (AvgIpc) is 3.11. The van der Waals surface area contributed by atoms with E-state index in [-0.39, 0.29) is 11.6 Å². The molecule has 0 unspecified atom stereocenters. The first kappa shape index (κ1) is 16.0. The second kappa shape index (κ2) is 7.13. The Kier molecular flexibility index (Phi) is 4.96. The van der Waals surface area contributed by atoms with Crippen molar-refractivity contribution in [3.8, 4) is 17.2 Å². The van der Waals surface area contributed by atoms with Crippen molar-refractivity contribution in [2.24, 2.45) is 0 Å². The number of hydrogen-bond donors (Lipinski definition) is 0. The lowest BCUT2D eigenvalue weighted by Gasteiger charge is -2.17. The summed E-state index contributed by atoms with van der Waals surface area (Å²) in [4.78, 5) is 0. The van der Waals surface area contributed by atoms with Gasteiger partial charge in [0.05, 0.1) is 12.8 Å². The van der Waals surface area contributed by atoms with Gasteiger partial charge in [-0.2, -0.15) is 0 Å². The quantitative estimate of drug-likeness (QED) is 0.714. The van der Waals surface area contributed by atoms with E-state index in [2.05, 4.69) is 11.2 Å². The summed E-state index contributed by atoms with van der Waals surface area (Å²) in [5.41, 5.74) is 2.03. The van der Waals surface area contributed by atoms with Crippen molar-refractivity contribution in [2.75, 3.05) is 23.7 Å². The molecule has 0 spiro atoms. The predicted molar refractivity (Wildman–Crippen MR) is 93.3 cm³/mol. The maximum absolute atomic E-state index is 14.4. The Hall–Kier alpha value is -1.88. The van der Waals surface area contributed by atoms with Crippen LogP contribution in [0.15, 0.2) is 36.4 Å². The normalized spacial score (nSPS) is 14.1. The number of ether oxygens (including phenoxy) is 2. The number of methoxy groups -OCH3 is 1. The Labute approximate surface area is 140 Å². The van der Waals surface area contributed by atoms with Gasteiger partial charge in [-0.15, -0.1) is 0 Å². The topological polar surface area (TPSA) is 21.7 Å². The van der Waals surface area contributed by atoms with Crippen LogP contribution in [0.2, 0.25) is 0 Å². The highest BCUT2D eigenvalue weighted by Gasteiger charge is 2.16. The summed E-state index contributed by atoms with van der Waals surface area (Å²) in [6.07, 6.45) is 2.04. The van der Waals surface area contributed by atoms with Crippen molar-refractivity contribution in [1.82, 2.24) is 0 Å². The van der Waals surface area contributed by atoms with Gasteiger partial charge >= 0.3 is 0 Å². The van der Waals surface area contributed by atoms with Gasteiger partial charge < -0.3 is 13.8 Å². The van der Waals surface area contributed by atoms with Gasteiger partial charge in [-0.05, 0) is 54.6 Å². The molecule has 0 amide bonds. The maximum atomic E-state index is 14.4. The second-order valence-electron chi connectivity index (χ2n) is 5.34. The number of anilines is 1. The standard InChI is InChI=1S/C18H20FNO2S/c1-3-13-5-7-17(18(11-13)21-2)22-16-8-6-14(12-15(16)19)20-9-4-10-23-20/h5-8,11-12H,3-4,9-10H2,1-2H3. The van der Waals surface area contributed by atoms with E-state index in [1.165, 1.54) is 6.07 Å². The minimum Gasteiger partial charge on any atom is -0.493 e. The van der Waals surface area contributed by atoms with E-state index in [0.29, 0.717) is 11.5 Å². The molecule has 0 aromatic heterocycles. The van der Waals surface area contributed by atoms with Gasteiger partial charge in [-0.1, -0.05) is 13.0 Å². The molecule has 1 fully saturated rings. The molecule has 0 atom stereocenters. The van der Waals surface area contributed by atoms with Crippen LogP contribution in [0, 0.1) is 5.82 Å². The molecule has 5 heteroatoms. The molecule has 0 N–H and O–H groups in total. The van der Waals surface area contributed by atoms with E-state index in [1.54, 1.807) is 25.1 Å². The van der Waals surface area contributed by atoms with Crippen LogP contribution in [0.5, 0.6) is 17.2 Å². The van der Waals surface area contributed by atoms with Gasteiger partial charge in [0.25, 0.3) is 0 Å². The Morgan fingerprint density at radius 3 is 2.61 bits per heavy atom. The fourth-order valence-corrected chi connectivity index (χ4v) is 3.51. The van der Waals surface area contributed by atoms with Gasteiger partial charge in [0.15, 0.2) is 23.1 Å². The zero-order chi connectivity index (χ0) is 16.2. The largest absolute Gasteiger partial charge is 0.493 e. The van der Waals surface area contributed by atoms with Crippen LogP contribution in [0.3, 0.4) is 0 Å². The van der Waals surface area contributed by atoms with Gasteiger partial charge in [0.1, 0.15) is 0 Å². The Morgan fingerprint density at radius 2 is 1.96 bits per heavy atom. The number of halogens is 1. The molecule has 0 radical (unpaired) electrons. The molecular weight excluding hydrogens is 313 g/mol. The first-order valence-electron chi connectivity index (χ1n) is 7.76. The van der Waals surface area contributed by atoms with E-state index in [9.17, 15) is 4.39 Å². The zero-order valence-corrected chi connectivity index (χ0v) is 14.2. The molecular formula is C18H20FNO2S. The van der Waals surface area contributed by atoms with Crippen molar-refractivity contribution in [3.63, 3.8) is 0 Å². The van der Waals surface area contributed by atoms with Crippen LogP contribution >= 0.6 is 11.9 Å². The average molecular weight is 333 g/mol. The first-order valence-corrected chi connectivity index (χ1v) is 8.70. The highest BCUT2D eigenvalue weighted by atomic mass is 32.2. The summed E-state index contributed by atoms with van der Waals surface area (Å²) >= 11 is 1.73. The third-order valence-corrected chi connectivity index (χ3v) is 4.99. The summed E-state index contributed by atoms with van der Waals surface area (Å²) in [5.74, 6) is 2.06. The number of hydrogen-bond acceptors (Lipinski definition) is 4. The zero-order valence-electron chi connectivity index (χ0n) is 13.3. The van der Waals surface area contributed by atoms with Crippen molar-refractivity contribution >= 4 is 17.6 Å². The molecule has 1 heterocycles. The Balaban J connectivity index is 1.82. The minimum absolute atomic E-state index is 0.209. The molecule has 2 aromatic carbocycles. The van der Waals surface area contributed by atoms with Crippen LogP contribution < -0.4 is 13.8 Å². The SMILES string of the molecule is CCc1ccc(Oc2ccc(N3CCCS3)cc2F)c(OC)c1. The van der Waals surface area contributed by atoms with Crippen LogP contribution in [0.25, 0.3) is 0 Å². The van der Waals surface area contributed by atoms with Gasteiger partial charge in [0.2, 0.25) is 0 Å². The highest BCUT2D eigenvalue weighted by Crippen LogP contribution is 2.36. The van der Waals surface area contributed by atoms with Crippen LogP contribution in [-0.2, 0) is 6.42 Å². The maximum Gasteiger partial charge on any atom is 0.169 e. The molecule has 0 bridgehead atoms. The van der Waals surface area contributed by atoms with E-state index in [1.807, 2.05) is 24.3 Å². The summed E-state index contributed by atoms with van der Waals surface area (Å²) < 4.78 is 27.6. The van der Waals surface area contributed by atoms with Crippen molar-refractivity contribution in [2.45, 2.75) is 19.8 Å². The molecule has 23 heavy (non-hydrogen) atoms. The fraction of sp³-hybridized carbons (Fsp3) is 0.333. The smallest absolute Gasteiger partial charge is 0.169 e. The van der Waals surface area contributed by atoms with E-state index < -0.39 is 0 Å². The Bertz CT molecular complexity index is 687. The molecule has 122 valence electrons. The monoisotopic (exact) mass is 333 g/mol. The number of nitrogens with zero attached hydrogens (tertiary/aromatic N) is 1. The van der Waals surface area contributed by atoms with Gasteiger partial charge in [-0.25, -0.2) is 4.39 Å². The van der Waals surface area contributed by atoms with E-state index >= 15 is 0 Å². The summed E-state index contributed by atoms with van der Waals surface area (Å²) in [5, 5.41) is 0. The Morgan fingerprint density at radius 1 is 1.13 bits per heavy atom. The van der Waals surface area contributed by atoms with E-state index in [4.69, 9.17) is 9.47 Å². The summed E-state index contributed by atoms with van der Waals surface area (Å²) in [7, 11) is 1.59. The molecule has 1 aliphatic rings. The van der Waals surface area contributed by atoms with Crippen LogP contribution in [-0.4, -0.2) is 19.4 Å². The third kappa shape index (κ3) is 3.55. The molecule has 1 aliphatic heterocycles. The molecule has 3 rings (SSSR count). The molecule has 2 aromatic rings. The summed E-state index contributed by atoms with van der Waals surface area (Å²) in [6, 6.07) is 10.8. The van der Waals surface area contributed by atoms with Crippen molar-refractivity contribution in [1.29, 1.82) is 0 Å². The second-order valence-corrected chi connectivity index (χ2v) is 6.45. The fourth-order valence-electron chi connectivity index (χ4n) is 2.51. The molecule has 0 aliphatic carbocycles. The van der Waals surface area contributed by atoms with Crippen molar-refractivity contribution in [3.05, 3.63) is 47.8 Å². The lowest BCUT2D eigenvalue weighted by molar-refractivity contribution is 0.370. The van der Waals surface area contributed by atoms with E-state index in [0.717, 1.165) is 36.4 Å². The van der Waals surface area contributed by atoms with Crippen molar-refractivity contribution < 1.29 is 13.9 Å². The molecule has 0 saturated carbocycles. The summed E-state index contributed by atoms with van der Waals surface area (Å²) in [6.45, 7) is 3.03. The third-order valence-electron chi connectivity index (χ3n) is 3.81.